The number of pyridine rings is 1. The summed E-state index contributed by atoms with van der Waals surface area (Å²) in [5, 5.41) is -0.692. The van der Waals surface area contributed by atoms with Crippen molar-refractivity contribution in [3.8, 4) is 0 Å². The van der Waals surface area contributed by atoms with Crippen molar-refractivity contribution in [3.05, 3.63) is 56.2 Å². The second-order valence-electron chi connectivity index (χ2n) is 5.60. The maximum Gasteiger partial charge on any atom is 0.417 e. The Balaban J connectivity index is 1.98. The topological polar surface area (TPSA) is 50.3 Å². The van der Waals surface area contributed by atoms with E-state index in [1.807, 2.05) is 0 Å². The largest absolute Gasteiger partial charge is 0.417 e. The average Bonchev–Trinajstić information content (AvgIpc) is 2.57. The van der Waals surface area contributed by atoms with E-state index in [0.29, 0.717) is 24.2 Å². The Hall–Kier alpha value is -1.06. The molecule has 0 amide bonds. The molecule has 26 heavy (non-hydrogen) atoms. The predicted molar refractivity (Wildman–Crippen MR) is 92.0 cm³/mol. The van der Waals surface area contributed by atoms with Gasteiger partial charge in [0.15, 0.2) is 5.03 Å². The number of benzene rings is 1. The smallest absolute Gasteiger partial charge is 0.241 e. The fraction of sp³-hybridized carbons (Fsp3) is 0.267. The third kappa shape index (κ3) is 3.53. The third-order valence-electron chi connectivity index (χ3n) is 3.98. The zero-order valence-corrected chi connectivity index (χ0v) is 15.9. The van der Waals surface area contributed by atoms with Crippen LogP contribution in [0.3, 0.4) is 0 Å². The van der Waals surface area contributed by atoms with E-state index in [0.717, 1.165) is 9.87 Å². The molecule has 0 unspecified atom stereocenters. The van der Waals surface area contributed by atoms with E-state index in [2.05, 4.69) is 4.98 Å². The lowest BCUT2D eigenvalue weighted by Gasteiger charge is -2.29. The van der Waals surface area contributed by atoms with Gasteiger partial charge in [0, 0.05) is 19.3 Å². The monoisotopic (exact) mass is 444 g/mol. The van der Waals surface area contributed by atoms with Crippen LogP contribution in [0.25, 0.3) is 0 Å². The number of alkyl halides is 3. The Morgan fingerprint density at radius 3 is 2.42 bits per heavy atom. The van der Waals surface area contributed by atoms with Crippen molar-refractivity contribution in [3.63, 3.8) is 0 Å². The summed E-state index contributed by atoms with van der Waals surface area (Å²) in [6.07, 6.45) is -3.85. The first-order valence-corrected chi connectivity index (χ1v) is 9.78. The van der Waals surface area contributed by atoms with Crippen LogP contribution in [0.1, 0.15) is 16.7 Å². The fourth-order valence-electron chi connectivity index (χ4n) is 2.64. The summed E-state index contributed by atoms with van der Waals surface area (Å²) in [5.41, 5.74) is 0.287. The Bertz CT molecular complexity index is 981. The standard InChI is InChI=1S/C15H10Cl3F3N2O2S/c16-11-2-1-8-3-4-23(7-10(8)13(11)18)26(24,25)14-12(17)5-9(6-22-14)15(19,20)21/h1-2,5-6H,3-4,7H2. The number of aromatic nitrogens is 1. The number of rotatable bonds is 2. The Morgan fingerprint density at radius 1 is 1.12 bits per heavy atom. The van der Waals surface area contributed by atoms with E-state index in [9.17, 15) is 21.6 Å². The van der Waals surface area contributed by atoms with Crippen LogP contribution in [0.15, 0.2) is 29.4 Å². The van der Waals surface area contributed by atoms with E-state index in [1.165, 1.54) is 0 Å². The first-order valence-electron chi connectivity index (χ1n) is 7.20. The van der Waals surface area contributed by atoms with Crippen molar-refractivity contribution >= 4 is 44.8 Å². The Labute approximate surface area is 162 Å². The fourth-order valence-corrected chi connectivity index (χ4v) is 4.88. The molecule has 140 valence electrons. The third-order valence-corrected chi connectivity index (χ3v) is 7.03. The minimum absolute atomic E-state index is 0.0733. The van der Waals surface area contributed by atoms with E-state index < -0.39 is 31.8 Å². The molecule has 0 aliphatic carbocycles. The van der Waals surface area contributed by atoms with Gasteiger partial charge in [0.2, 0.25) is 0 Å². The van der Waals surface area contributed by atoms with Crippen molar-refractivity contribution < 1.29 is 21.6 Å². The molecule has 4 nitrogen and oxygen atoms in total. The maximum absolute atomic E-state index is 12.8. The van der Waals surface area contributed by atoms with Gasteiger partial charge in [0.1, 0.15) is 0 Å². The summed E-state index contributed by atoms with van der Waals surface area (Å²) in [6, 6.07) is 3.93. The SMILES string of the molecule is O=S(=O)(c1ncc(C(F)(F)F)cc1Cl)N1CCc2ccc(Cl)c(Cl)c2C1. The van der Waals surface area contributed by atoms with E-state index >= 15 is 0 Å². The number of hydrogen-bond donors (Lipinski definition) is 0. The average molecular weight is 446 g/mol. The normalized spacial score (nSPS) is 15.8. The van der Waals surface area contributed by atoms with Crippen LogP contribution in [0.4, 0.5) is 13.2 Å². The number of halogens is 6. The molecule has 2 aromatic rings. The lowest BCUT2D eigenvalue weighted by atomic mass is 10.0. The highest BCUT2D eigenvalue weighted by Gasteiger charge is 2.36. The molecule has 0 N–H and O–H groups in total. The zero-order chi connectivity index (χ0) is 19.3. The summed E-state index contributed by atoms with van der Waals surface area (Å²) < 4.78 is 64.8. The van der Waals surface area contributed by atoms with Gasteiger partial charge in [-0.1, -0.05) is 40.9 Å². The van der Waals surface area contributed by atoms with Gasteiger partial charge in [-0.05, 0) is 29.7 Å². The first-order chi connectivity index (χ1) is 12.0. The molecule has 0 fully saturated rings. The van der Waals surface area contributed by atoms with Gasteiger partial charge in [-0.15, -0.1) is 0 Å². The highest BCUT2D eigenvalue weighted by Crippen LogP contribution is 2.36. The molecule has 3 rings (SSSR count). The van der Waals surface area contributed by atoms with Gasteiger partial charge in [-0.3, -0.25) is 0 Å². The minimum Gasteiger partial charge on any atom is -0.241 e. The molecule has 11 heteroatoms. The van der Waals surface area contributed by atoms with Crippen LogP contribution in [-0.4, -0.2) is 24.3 Å². The quantitative estimate of drug-likeness (QED) is 0.667. The van der Waals surface area contributed by atoms with Gasteiger partial charge in [0.05, 0.1) is 20.6 Å². The predicted octanol–water partition coefficient (Wildman–Crippen LogP) is 4.81. The van der Waals surface area contributed by atoms with Gasteiger partial charge in [-0.2, -0.15) is 17.5 Å². The van der Waals surface area contributed by atoms with Crippen LogP contribution in [0.2, 0.25) is 15.1 Å². The lowest BCUT2D eigenvalue weighted by molar-refractivity contribution is -0.137. The molecule has 0 radical (unpaired) electrons. The first kappa shape index (κ1) is 19.7. The molecule has 0 saturated heterocycles. The second kappa shape index (κ2) is 6.83. The molecule has 0 bridgehead atoms. The lowest BCUT2D eigenvalue weighted by Crippen LogP contribution is -2.36. The van der Waals surface area contributed by atoms with Crippen LogP contribution < -0.4 is 0 Å². The summed E-state index contributed by atoms with van der Waals surface area (Å²) >= 11 is 17.9. The highest BCUT2D eigenvalue weighted by atomic mass is 35.5. The van der Waals surface area contributed by atoms with Crippen molar-refractivity contribution in [2.24, 2.45) is 0 Å². The van der Waals surface area contributed by atoms with Gasteiger partial charge in [-0.25, -0.2) is 13.4 Å². The zero-order valence-electron chi connectivity index (χ0n) is 12.8. The molecule has 0 saturated carbocycles. The van der Waals surface area contributed by atoms with Crippen molar-refractivity contribution in [2.75, 3.05) is 6.54 Å². The molecule has 0 spiro atoms. The molecular weight excluding hydrogens is 436 g/mol. The summed E-state index contributed by atoms with van der Waals surface area (Å²) in [7, 11) is -4.21. The number of nitrogens with zero attached hydrogens (tertiary/aromatic N) is 2. The Kier molecular flexibility index (Phi) is 5.18. The summed E-state index contributed by atoms with van der Waals surface area (Å²) in [6.45, 7) is 0.0441. The molecule has 2 heterocycles. The van der Waals surface area contributed by atoms with Crippen molar-refractivity contribution in [1.29, 1.82) is 0 Å². The highest BCUT2D eigenvalue weighted by molar-refractivity contribution is 7.89. The molecule has 1 aromatic heterocycles. The van der Waals surface area contributed by atoms with Crippen LogP contribution >= 0.6 is 34.8 Å². The summed E-state index contributed by atoms with van der Waals surface area (Å²) in [5.74, 6) is 0. The van der Waals surface area contributed by atoms with Crippen molar-refractivity contribution in [2.45, 2.75) is 24.2 Å². The van der Waals surface area contributed by atoms with Crippen LogP contribution in [0, 0.1) is 0 Å². The maximum atomic E-state index is 12.8. The van der Waals surface area contributed by atoms with E-state index in [4.69, 9.17) is 34.8 Å². The number of sulfonamides is 1. The van der Waals surface area contributed by atoms with Crippen LogP contribution in [-0.2, 0) is 29.2 Å². The Morgan fingerprint density at radius 2 is 1.81 bits per heavy atom. The van der Waals surface area contributed by atoms with E-state index in [-0.39, 0.29) is 23.1 Å². The minimum atomic E-state index is -4.67. The molecule has 1 aromatic carbocycles. The number of hydrogen-bond acceptors (Lipinski definition) is 3. The molecule has 1 aliphatic rings. The van der Waals surface area contributed by atoms with Gasteiger partial charge < -0.3 is 0 Å². The molecular formula is C15H10Cl3F3N2O2S. The van der Waals surface area contributed by atoms with Crippen LogP contribution in [0.5, 0.6) is 0 Å². The van der Waals surface area contributed by atoms with E-state index in [1.54, 1.807) is 12.1 Å². The summed E-state index contributed by atoms with van der Waals surface area (Å²) in [4.78, 5) is 3.45. The number of fused-ring (bicyclic) bond motifs is 1. The second-order valence-corrected chi connectivity index (χ2v) is 8.64. The molecule has 1 aliphatic heterocycles. The van der Waals surface area contributed by atoms with Gasteiger partial charge >= 0.3 is 6.18 Å². The van der Waals surface area contributed by atoms with Crippen molar-refractivity contribution in [1.82, 2.24) is 9.29 Å². The molecule has 0 atom stereocenters. The van der Waals surface area contributed by atoms with Gasteiger partial charge in [0.25, 0.3) is 10.0 Å².